The molecule has 1 aromatic carbocycles. The van der Waals surface area contributed by atoms with Crippen LogP contribution >= 0.6 is 34.5 Å². The number of sulfone groups is 1. The second-order valence-electron chi connectivity index (χ2n) is 5.97. The molecule has 1 amide bonds. The van der Waals surface area contributed by atoms with E-state index in [9.17, 15) is 17.6 Å². The Balaban J connectivity index is 1.92. The van der Waals surface area contributed by atoms with Crippen LogP contribution in [0.15, 0.2) is 41.4 Å². The summed E-state index contributed by atoms with van der Waals surface area (Å²) in [7, 11) is -3.48. The zero-order chi connectivity index (χ0) is 20.6. The molecule has 1 N–H and O–H groups in total. The van der Waals surface area contributed by atoms with Gasteiger partial charge in [-0.1, -0.05) is 23.2 Å². The molecule has 0 saturated carbocycles. The van der Waals surface area contributed by atoms with Crippen LogP contribution in [0.25, 0.3) is 11.3 Å². The number of carbonyl (C=O) groups excluding carboxylic acids is 1. The van der Waals surface area contributed by atoms with Gasteiger partial charge in [0.05, 0.1) is 26.7 Å². The topological polar surface area (TPSA) is 76.1 Å². The second-order valence-corrected chi connectivity index (χ2v) is 10.1. The lowest BCUT2D eigenvalue weighted by Gasteiger charge is -2.07. The highest BCUT2D eigenvalue weighted by molar-refractivity contribution is 7.90. The lowest BCUT2D eigenvalue weighted by Crippen LogP contribution is -2.11. The third-order valence-electron chi connectivity index (χ3n) is 3.76. The van der Waals surface area contributed by atoms with Crippen molar-refractivity contribution in [3.8, 4) is 11.3 Å². The number of hydrogen-bond donors (Lipinski definition) is 1. The number of aromatic nitrogens is 1. The summed E-state index contributed by atoms with van der Waals surface area (Å²) >= 11 is 13.2. The smallest absolute Gasteiger partial charge is 0.265 e. The highest BCUT2D eigenvalue weighted by Gasteiger charge is 2.18. The van der Waals surface area contributed by atoms with Crippen LogP contribution in [0, 0.1) is 12.7 Å². The van der Waals surface area contributed by atoms with E-state index in [0.29, 0.717) is 16.1 Å². The summed E-state index contributed by atoms with van der Waals surface area (Å²) in [5.74, 6) is -0.999. The molecule has 0 aliphatic carbocycles. The standard InChI is InChI=1S/C18H13Cl2FN2O3S2/c1-9-14(17-15(20)5-11(21)8-22-17)7-16(27-9)18(24)23-12-3-10(19)4-13(6-12)28(2,25)26/h3-8H,1-2H3,(H,23,24). The monoisotopic (exact) mass is 458 g/mol. The Morgan fingerprint density at radius 1 is 1.18 bits per heavy atom. The minimum absolute atomic E-state index is 0.000596. The Hall–Kier alpha value is -2.00. The van der Waals surface area contributed by atoms with Gasteiger partial charge in [0, 0.05) is 27.4 Å². The maximum atomic E-state index is 13.2. The van der Waals surface area contributed by atoms with Gasteiger partial charge in [-0.25, -0.2) is 12.8 Å². The van der Waals surface area contributed by atoms with E-state index >= 15 is 0 Å². The molecule has 0 atom stereocenters. The molecule has 0 spiro atoms. The Labute approximate surface area is 175 Å². The number of pyridine rings is 1. The Kier molecular flexibility index (Phi) is 5.77. The molecule has 0 aliphatic heterocycles. The van der Waals surface area contributed by atoms with Crippen LogP contribution in [0.1, 0.15) is 14.5 Å². The molecule has 0 radical (unpaired) electrons. The average Bonchev–Trinajstić information content (AvgIpc) is 2.95. The number of thiophene rings is 1. The third kappa shape index (κ3) is 4.52. The number of nitrogens with zero attached hydrogens (tertiary/aromatic N) is 1. The van der Waals surface area contributed by atoms with Gasteiger partial charge in [0.1, 0.15) is 5.82 Å². The molecule has 0 fully saturated rings. The first-order valence-corrected chi connectivity index (χ1v) is 11.2. The van der Waals surface area contributed by atoms with Crippen molar-refractivity contribution >= 4 is 56.0 Å². The van der Waals surface area contributed by atoms with Crippen molar-refractivity contribution in [2.75, 3.05) is 11.6 Å². The first-order chi connectivity index (χ1) is 13.0. The molecule has 3 aromatic rings. The number of amides is 1. The maximum absolute atomic E-state index is 13.2. The molecule has 0 bridgehead atoms. The summed E-state index contributed by atoms with van der Waals surface area (Å²) < 4.78 is 36.7. The van der Waals surface area contributed by atoms with Crippen molar-refractivity contribution in [3.63, 3.8) is 0 Å². The lowest BCUT2D eigenvalue weighted by atomic mass is 10.1. The molecular weight excluding hydrogens is 446 g/mol. The average molecular weight is 459 g/mol. The minimum Gasteiger partial charge on any atom is -0.321 e. The molecule has 0 unspecified atom stereocenters. The van der Waals surface area contributed by atoms with Crippen LogP contribution in [0.3, 0.4) is 0 Å². The van der Waals surface area contributed by atoms with E-state index in [1.807, 2.05) is 0 Å². The van der Waals surface area contributed by atoms with Crippen LogP contribution in [-0.2, 0) is 9.84 Å². The Morgan fingerprint density at radius 2 is 1.89 bits per heavy atom. The van der Waals surface area contributed by atoms with Crippen molar-refractivity contribution < 1.29 is 17.6 Å². The lowest BCUT2D eigenvalue weighted by molar-refractivity contribution is 0.103. The van der Waals surface area contributed by atoms with Crippen molar-refractivity contribution in [2.24, 2.45) is 0 Å². The second kappa shape index (κ2) is 7.79. The van der Waals surface area contributed by atoms with Crippen LogP contribution in [-0.4, -0.2) is 25.6 Å². The van der Waals surface area contributed by atoms with Gasteiger partial charge in [0.15, 0.2) is 9.84 Å². The largest absolute Gasteiger partial charge is 0.321 e. The molecule has 2 aromatic heterocycles. The van der Waals surface area contributed by atoms with E-state index in [-0.39, 0.29) is 20.6 Å². The number of benzene rings is 1. The van der Waals surface area contributed by atoms with E-state index in [2.05, 4.69) is 10.3 Å². The molecule has 28 heavy (non-hydrogen) atoms. The maximum Gasteiger partial charge on any atom is 0.265 e. The highest BCUT2D eigenvalue weighted by Crippen LogP contribution is 2.34. The number of aryl methyl sites for hydroxylation is 1. The van der Waals surface area contributed by atoms with E-state index in [1.165, 1.54) is 29.5 Å². The van der Waals surface area contributed by atoms with E-state index in [4.69, 9.17) is 23.2 Å². The van der Waals surface area contributed by atoms with Gasteiger partial charge >= 0.3 is 0 Å². The molecule has 0 saturated heterocycles. The van der Waals surface area contributed by atoms with Crippen LogP contribution in [0.4, 0.5) is 10.1 Å². The fourth-order valence-electron chi connectivity index (χ4n) is 2.48. The zero-order valence-electron chi connectivity index (χ0n) is 14.6. The molecular formula is C18H13Cl2FN2O3S2. The predicted octanol–water partition coefficient (Wildman–Crippen LogP) is 5.22. The van der Waals surface area contributed by atoms with Gasteiger partial charge in [-0.3, -0.25) is 9.78 Å². The van der Waals surface area contributed by atoms with Crippen LogP contribution < -0.4 is 5.32 Å². The van der Waals surface area contributed by atoms with Crippen molar-refractivity contribution in [2.45, 2.75) is 11.8 Å². The summed E-state index contributed by atoms with van der Waals surface area (Å²) in [6, 6.07) is 6.85. The fourth-order valence-corrected chi connectivity index (χ4v) is 4.64. The minimum atomic E-state index is -3.48. The van der Waals surface area contributed by atoms with E-state index < -0.39 is 21.6 Å². The van der Waals surface area contributed by atoms with Crippen LogP contribution in [0.2, 0.25) is 10.0 Å². The number of halogens is 3. The third-order valence-corrected chi connectivity index (χ3v) is 6.41. The van der Waals surface area contributed by atoms with Gasteiger partial charge in [0.2, 0.25) is 0 Å². The SMILES string of the molecule is Cc1sc(C(=O)Nc2cc(Cl)cc(S(C)(=O)=O)c2)cc1-c1ncc(F)cc1Cl. The summed E-state index contributed by atoms with van der Waals surface area (Å²) in [6.45, 7) is 1.79. The van der Waals surface area contributed by atoms with Crippen LogP contribution in [0.5, 0.6) is 0 Å². The van der Waals surface area contributed by atoms with Gasteiger partial charge in [0.25, 0.3) is 5.91 Å². The van der Waals surface area contributed by atoms with Crippen molar-refractivity contribution in [3.05, 3.63) is 62.1 Å². The predicted molar refractivity (Wildman–Crippen MR) is 110 cm³/mol. The van der Waals surface area contributed by atoms with E-state index in [0.717, 1.165) is 23.4 Å². The summed E-state index contributed by atoms with van der Waals surface area (Å²) in [5.41, 5.74) is 1.24. The van der Waals surface area contributed by atoms with Crippen molar-refractivity contribution in [1.82, 2.24) is 4.98 Å². The fraction of sp³-hybridized carbons (Fsp3) is 0.111. The molecule has 0 aliphatic rings. The number of nitrogens with one attached hydrogen (secondary N) is 1. The summed E-state index contributed by atoms with van der Waals surface area (Å²) in [5, 5.41) is 2.96. The first kappa shape index (κ1) is 20.7. The normalized spacial score (nSPS) is 11.5. The summed E-state index contributed by atoms with van der Waals surface area (Å²) in [6.07, 6.45) is 2.11. The van der Waals surface area contributed by atoms with Gasteiger partial charge < -0.3 is 5.32 Å². The van der Waals surface area contributed by atoms with E-state index in [1.54, 1.807) is 13.0 Å². The zero-order valence-corrected chi connectivity index (χ0v) is 17.7. The molecule has 146 valence electrons. The van der Waals surface area contributed by atoms with Gasteiger partial charge in [-0.15, -0.1) is 11.3 Å². The first-order valence-electron chi connectivity index (χ1n) is 7.78. The Morgan fingerprint density at radius 3 is 2.54 bits per heavy atom. The van der Waals surface area contributed by atoms with Gasteiger partial charge in [-0.2, -0.15) is 0 Å². The quantitative estimate of drug-likeness (QED) is 0.581. The number of anilines is 1. The number of carbonyl (C=O) groups is 1. The molecule has 2 heterocycles. The number of rotatable bonds is 4. The molecule has 10 heteroatoms. The summed E-state index contributed by atoms with van der Waals surface area (Å²) in [4.78, 5) is 17.7. The Bertz CT molecular complexity index is 1190. The van der Waals surface area contributed by atoms with Crippen molar-refractivity contribution in [1.29, 1.82) is 0 Å². The highest BCUT2D eigenvalue weighted by atomic mass is 35.5. The number of hydrogen-bond acceptors (Lipinski definition) is 5. The molecule has 3 rings (SSSR count). The molecule has 5 nitrogen and oxygen atoms in total. The van der Waals surface area contributed by atoms with Gasteiger partial charge in [-0.05, 0) is 37.3 Å².